The Morgan fingerprint density at radius 1 is 1.21 bits per heavy atom. The van der Waals surface area contributed by atoms with Gasteiger partial charge in [-0.1, -0.05) is 0 Å². The Morgan fingerprint density at radius 3 is 2.45 bits per heavy atom. The summed E-state index contributed by atoms with van der Waals surface area (Å²) in [5.41, 5.74) is 3.37. The molecule has 1 fully saturated rings. The number of nitrogens with one attached hydrogen (secondary N) is 2. The van der Waals surface area contributed by atoms with E-state index in [1.165, 1.54) is 5.56 Å². The number of amides is 1. The van der Waals surface area contributed by atoms with E-state index in [2.05, 4.69) is 39.4 Å². The lowest BCUT2D eigenvalue weighted by atomic mass is 10.2. The molecule has 1 aliphatic rings. The molecule has 0 saturated carbocycles. The molecule has 2 heterocycles. The molecule has 1 aliphatic heterocycles. The summed E-state index contributed by atoms with van der Waals surface area (Å²) in [5, 5.41) is 10.7. The highest BCUT2D eigenvalue weighted by atomic mass is 127. The van der Waals surface area contributed by atoms with Crippen LogP contribution in [-0.2, 0) is 23.1 Å². The van der Waals surface area contributed by atoms with E-state index in [4.69, 9.17) is 9.73 Å². The molecule has 1 aromatic heterocycles. The Balaban J connectivity index is 0.00000420. The van der Waals surface area contributed by atoms with Gasteiger partial charge in [-0.25, -0.2) is 4.99 Å². The minimum Gasteiger partial charge on any atom is -0.383 e. The van der Waals surface area contributed by atoms with E-state index in [9.17, 15) is 4.79 Å². The fourth-order valence-electron chi connectivity index (χ4n) is 3.30. The van der Waals surface area contributed by atoms with Crippen LogP contribution in [0, 0.1) is 13.8 Å². The first-order valence-corrected chi connectivity index (χ1v) is 9.96. The number of rotatable bonds is 8. The molecule has 0 aliphatic carbocycles. The highest BCUT2D eigenvalue weighted by molar-refractivity contribution is 14.0. The summed E-state index contributed by atoms with van der Waals surface area (Å²) in [6, 6.07) is 0. The average Bonchev–Trinajstić information content (AvgIpc) is 2.91. The first kappa shape index (κ1) is 25.6. The first-order chi connectivity index (χ1) is 13.5. The van der Waals surface area contributed by atoms with Crippen molar-refractivity contribution in [3.63, 3.8) is 0 Å². The summed E-state index contributed by atoms with van der Waals surface area (Å²) < 4.78 is 6.86. The number of aliphatic imine (C=N–C) groups is 1. The minimum absolute atomic E-state index is 0. The second-order valence-electron chi connectivity index (χ2n) is 7.05. The van der Waals surface area contributed by atoms with Crippen molar-refractivity contribution in [1.29, 1.82) is 0 Å². The molecule has 0 atom stereocenters. The van der Waals surface area contributed by atoms with E-state index in [0.717, 1.165) is 50.1 Å². The molecule has 9 nitrogen and oxygen atoms in total. The maximum absolute atomic E-state index is 12.0. The summed E-state index contributed by atoms with van der Waals surface area (Å²) >= 11 is 0. The van der Waals surface area contributed by atoms with Gasteiger partial charge in [-0.2, -0.15) is 5.10 Å². The van der Waals surface area contributed by atoms with Gasteiger partial charge in [0.15, 0.2) is 5.96 Å². The quantitative estimate of drug-likeness (QED) is 0.224. The van der Waals surface area contributed by atoms with Gasteiger partial charge in [-0.3, -0.25) is 14.4 Å². The molecular weight excluding hydrogens is 485 g/mol. The van der Waals surface area contributed by atoms with Crippen molar-refractivity contribution in [1.82, 2.24) is 30.2 Å². The fraction of sp³-hybridized carbons (Fsp3) is 0.737. The molecule has 166 valence electrons. The lowest BCUT2D eigenvalue weighted by Crippen LogP contribution is -2.54. The van der Waals surface area contributed by atoms with Crippen molar-refractivity contribution in [2.45, 2.75) is 27.3 Å². The molecule has 0 bridgehead atoms. The predicted octanol–water partition coefficient (Wildman–Crippen LogP) is 0.501. The molecule has 0 aromatic carbocycles. The molecule has 2 N–H and O–H groups in total. The fourth-order valence-corrected chi connectivity index (χ4v) is 3.30. The van der Waals surface area contributed by atoms with Gasteiger partial charge < -0.3 is 20.3 Å². The molecular formula is C19H36IN7O2. The van der Waals surface area contributed by atoms with Crippen LogP contribution in [0.15, 0.2) is 4.99 Å². The largest absolute Gasteiger partial charge is 0.383 e. The van der Waals surface area contributed by atoms with E-state index in [0.29, 0.717) is 26.2 Å². The molecule has 29 heavy (non-hydrogen) atoms. The number of ether oxygens (including phenoxy) is 1. The smallest absolute Gasteiger partial charge is 0.234 e. The molecule has 1 aromatic rings. The van der Waals surface area contributed by atoms with Crippen molar-refractivity contribution in [2.24, 2.45) is 12.0 Å². The van der Waals surface area contributed by atoms with Gasteiger partial charge in [0.25, 0.3) is 0 Å². The van der Waals surface area contributed by atoms with Crippen molar-refractivity contribution in [3.05, 3.63) is 17.0 Å². The summed E-state index contributed by atoms with van der Waals surface area (Å²) in [4.78, 5) is 21.3. The van der Waals surface area contributed by atoms with Gasteiger partial charge in [0.2, 0.25) is 5.91 Å². The molecule has 0 unspecified atom stereocenters. The zero-order valence-electron chi connectivity index (χ0n) is 18.3. The van der Waals surface area contributed by atoms with Gasteiger partial charge in [0.1, 0.15) is 0 Å². The normalized spacial score (nSPS) is 15.2. The Bertz CT molecular complexity index is 670. The topological polar surface area (TPSA) is 87.0 Å². The molecule has 0 radical (unpaired) electrons. The molecule has 2 rings (SSSR count). The SMILES string of the molecule is CCNC(=NCc1c(C)nn(C)c1C)N1CCN(CC(=O)NCCOC)CC1.I. The number of piperazine rings is 1. The summed E-state index contributed by atoms with van der Waals surface area (Å²) in [6.45, 7) is 12.5. The van der Waals surface area contributed by atoms with Crippen molar-refractivity contribution < 1.29 is 9.53 Å². The minimum atomic E-state index is 0. The highest BCUT2D eigenvalue weighted by Crippen LogP contribution is 2.13. The maximum atomic E-state index is 12.0. The molecule has 10 heteroatoms. The van der Waals surface area contributed by atoms with Gasteiger partial charge >= 0.3 is 0 Å². The van der Waals surface area contributed by atoms with E-state index in [-0.39, 0.29) is 29.9 Å². The van der Waals surface area contributed by atoms with Crippen LogP contribution in [0.1, 0.15) is 23.9 Å². The number of halogens is 1. The van der Waals surface area contributed by atoms with Crippen molar-refractivity contribution in [3.8, 4) is 0 Å². The summed E-state index contributed by atoms with van der Waals surface area (Å²) in [5.74, 6) is 0.975. The third-order valence-corrected chi connectivity index (χ3v) is 5.05. The second-order valence-corrected chi connectivity index (χ2v) is 7.05. The summed E-state index contributed by atoms with van der Waals surface area (Å²) in [6.07, 6.45) is 0. The van der Waals surface area contributed by atoms with Crippen molar-refractivity contribution >= 4 is 35.8 Å². The van der Waals surface area contributed by atoms with E-state index in [1.807, 2.05) is 18.7 Å². The lowest BCUT2D eigenvalue weighted by Gasteiger charge is -2.36. The molecule has 0 spiro atoms. The highest BCUT2D eigenvalue weighted by Gasteiger charge is 2.21. The van der Waals surface area contributed by atoms with E-state index in [1.54, 1.807) is 7.11 Å². The number of methoxy groups -OCH3 is 1. The number of carbonyl (C=O) groups is 1. The monoisotopic (exact) mass is 521 g/mol. The Hall–Kier alpha value is -1.40. The van der Waals surface area contributed by atoms with E-state index < -0.39 is 0 Å². The Morgan fingerprint density at radius 2 is 1.90 bits per heavy atom. The number of guanidine groups is 1. The number of hydrogen-bond acceptors (Lipinski definition) is 5. The van der Waals surface area contributed by atoms with Gasteiger partial charge in [0.05, 0.1) is 25.4 Å². The van der Waals surface area contributed by atoms with Crippen LogP contribution in [0.2, 0.25) is 0 Å². The Kier molecular flexibility index (Phi) is 11.5. The van der Waals surface area contributed by atoms with Gasteiger partial charge in [-0.15, -0.1) is 24.0 Å². The standard InChI is InChI=1S/C19H35N7O2.HI/c1-6-20-19(22-13-17-15(2)23-24(4)16(17)3)26-10-8-25(9-11-26)14-18(27)21-7-12-28-5;/h6-14H2,1-5H3,(H,20,22)(H,21,27);1H. The summed E-state index contributed by atoms with van der Waals surface area (Å²) in [7, 11) is 3.59. The maximum Gasteiger partial charge on any atom is 0.234 e. The second kappa shape index (κ2) is 13.0. The van der Waals surface area contributed by atoms with Crippen LogP contribution in [-0.4, -0.2) is 91.0 Å². The van der Waals surface area contributed by atoms with Crippen molar-refractivity contribution in [2.75, 3.05) is 59.5 Å². The van der Waals surface area contributed by atoms with Crippen LogP contribution in [0.25, 0.3) is 0 Å². The van der Waals surface area contributed by atoms with Gasteiger partial charge in [-0.05, 0) is 20.8 Å². The predicted molar refractivity (Wildman–Crippen MR) is 126 cm³/mol. The molecule has 1 amide bonds. The van der Waals surface area contributed by atoms with Crippen LogP contribution in [0.3, 0.4) is 0 Å². The Labute approximate surface area is 191 Å². The van der Waals surface area contributed by atoms with Gasteiger partial charge in [0, 0.05) is 64.7 Å². The van der Waals surface area contributed by atoms with E-state index >= 15 is 0 Å². The van der Waals surface area contributed by atoms with Crippen LogP contribution in [0.5, 0.6) is 0 Å². The number of carbonyl (C=O) groups excluding carboxylic acids is 1. The zero-order valence-corrected chi connectivity index (χ0v) is 20.7. The van der Waals surface area contributed by atoms with Crippen LogP contribution >= 0.6 is 24.0 Å². The van der Waals surface area contributed by atoms with Crippen LogP contribution < -0.4 is 10.6 Å². The van der Waals surface area contributed by atoms with Crippen LogP contribution in [0.4, 0.5) is 0 Å². The third kappa shape index (κ3) is 7.74. The number of hydrogen-bond donors (Lipinski definition) is 2. The average molecular weight is 521 g/mol. The number of nitrogens with zero attached hydrogens (tertiary/aromatic N) is 5. The lowest BCUT2D eigenvalue weighted by molar-refractivity contribution is -0.122. The first-order valence-electron chi connectivity index (χ1n) is 9.96. The zero-order chi connectivity index (χ0) is 20.5. The number of aromatic nitrogens is 2. The molecule has 1 saturated heterocycles. The third-order valence-electron chi connectivity index (χ3n) is 5.05. The number of aryl methyl sites for hydroxylation is 2.